The maximum atomic E-state index is 13.6. The van der Waals surface area contributed by atoms with Crippen LogP contribution >= 0.6 is 11.6 Å². The van der Waals surface area contributed by atoms with Gasteiger partial charge >= 0.3 is 6.18 Å². The predicted molar refractivity (Wildman–Crippen MR) is 132 cm³/mol. The fourth-order valence-corrected chi connectivity index (χ4v) is 3.61. The Balaban J connectivity index is 1.54. The van der Waals surface area contributed by atoms with E-state index < -0.39 is 11.7 Å². The summed E-state index contributed by atoms with van der Waals surface area (Å²) in [5.41, 5.74) is 2.35. The Labute approximate surface area is 210 Å². The van der Waals surface area contributed by atoms with Crippen LogP contribution in [0.4, 0.5) is 30.5 Å². The summed E-state index contributed by atoms with van der Waals surface area (Å²) < 4.78 is 42.2. The largest absolute Gasteiger partial charge is 0.419 e. The van der Waals surface area contributed by atoms with Crippen LogP contribution < -0.4 is 10.6 Å². The third-order valence-electron chi connectivity index (χ3n) is 5.43. The van der Waals surface area contributed by atoms with E-state index in [1.165, 1.54) is 17.1 Å². The summed E-state index contributed by atoms with van der Waals surface area (Å²) in [6.45, 7) is 4.22. The zero-order valence-corrected chi connectivity index (χ0v) is 20.2. The van der Waals surface area contributed by atoms with Gasteiger partial charge in [0.25, 0.3) is 5.91 Å². The van der Waals surface area contributed by atoms with E-state index in [4.69, 9.17) is 11.6 Å². The fraction of sp³-hybridized carbons (Fsp3) is 0.200. The van der Waals surface area contributed by atoms with Gasteiger partial charge in [0.15, 0.2) is 0 Å². The van der Waals surface area contributed by atoms with E-state index in [9.17, 15) is 18.0 Å². The highest BCUT2D eigenvalue weighted by atomic mass is 35.5. The van der Waals surface area contributed by atoms with Crippen molar-refractivity contribution in [2.24, 2.45) is 0 Å². The number of hydrogen-bond acceptors (Lipinski definition) is 5. The van der Waals surface area contributed by atoms with Gasteiger partial charge in [-0.1, -0.05) is 12.1 Å². The first-order valence-electron chi connectivity index (χ1n) is 11.0. The molecule has 36 heavy (non-hydrogen) atoms. The summed E-state index contributed by atoms with van der Waals surface area (Å²) in [5.74, 6) is 0.00315. The zero-order chi connectivity index (χ0) is 25.9. The van der Waals surface area contributed by atoms with E-state index in [0.717, 1.165) is 17.3 Å². The molecule has 0 spiro atoms. The molecule has 2 aromatic heterocycles. The van der Waals surface area contributed by atoms with Gasteiger partial charge in [-0.15, -0.1) is 11.6 Å². The Morgan fingerprint density at radius 2 is 1.86 bits per heavy atom. The summed E-state index contributed by atoms with van der Waals surface area (Å²) in [6.07, 6.45) is -1.05. The molecular weight excluding hydrogens is 493 g/mol. The number of nitrogens with zero attached hydrogens (tertiary/aromatic N) is 4. The SMILES string of the molecule is CCn1cc(-c2nc(Nc3ccc(C(=O)Nc4cc(CCl)ccc4C)cc3)ncc2C(F)(F)F)cn1. The van der Waals surface area contributed by atoms with Crippen LogP contribution in [0.3, 0.4) is 0 Å². The number of aryl methyl sites for hydroxylation is 2. The Morgan fingerprint density at radius 3 is 2.50 bits per heavy atom. The van der Waals surface area contributed by atoms with E-state index >= 15 is 0 Å². The van der Waals surface area contributed by atoms with E-state index in [-0.39, 0.29) is 23.1 Å². The molecular formula is C25H22ClF3N6O. The summed E-state index contributed by atoms with van der Waals surface area (Å²) in [4.78, 5) is 20.6. The molecule has 4 aromatic rings. The average Bonchev–Trinajstić information content (AvgIpc) is 3.34. The standard InChI is InChI=1S/C25H22ClF3N6O/c1-3-35-14-18(12-31-35)22-20(25(27,28)29)13-30-24(34-22)32-19-8-6-17(7-9-19)23(36)33-21-10-16(11-26)5-4-15(21)2/h4-10,12-14H,3,11H2,1-2H3,(H,33,36)(H,30,32,34). The van der Waals surface area contributed by atoms with Crippen LogP contribution in [0.25, 0.3) is 11.3 Å². The molecule has 0 aliphatic heterocycles. The van der Waals surface area contributed by atoms with Crippen LogP contribution in [0.5, 0.6) is 0 Å². The molecule has 0 unspecified atom stereocenters. The van der Waals surface area contributed by atoms with Gasteiger partial charge in [0.1, 0.15) is 5.56 Å². The first kappa shape index (κ1) is 25.2. The smallest absolute Gasteiger partial charge is 0.324 e. The molecule has 2 heterocycles. The van der Waals surface area contributed by atoms with E-state index in [2.05, 4.69) is 25.7 Å². The van der Waals surface area contributed by atoms with Crippen molar-refractivity contribution in [3.8, 4) is 11.3 Å². The average molecular weight is 515 g/mol. The highest BCUT2D eigenvalue weighted by molar-refractivity contribution is 6.17. The molecule has 0 radical (unpaired) electrons. The van der Waals surface area contributed by atoms with Gasteiger partial charge in [0.2, 0.25) is 5.95 Å². The molecule has 1 amide bonds. The molecule has 0 saturated carbocycles. The van der Waals surface area contributed by atoms with Gasteiger partial charge in [0, 0.05) is 47.3 Å². The highest BCUT2D eigenvalue weighted by Crippen LogP contribution is 2.36. The number of rotatable bonds is 7. The summed E-state index contributed by atoms with van der Waals surface area (Å²) >= 11 is 5.88. The number of nitrogens with one attached hydrogen (secondary N) is 2. The van der Waals surface area contributed by atoms with Crippen molar-refractivity contribution in [2.75, 3.05) is 10.6 Å². The first-order chi connectivity index (χ1) is 17.2. The number of amides is 1. The molecule has 7 nitrogen and oxygen atoms in total. The molecule has 0 saturated heterocycles. The molecule has 0 aliphatic carbocycles. The molecule has 0 bridgehead atoms. The quantitative estimate of drug-likeness (QED) is 0.278. The number of alkyl halides is 4. The van der Waals surface area contributed by atoms with Crippen molar-refractivity contribution < 1.29 is 18.0 Å². The summed E-state index contributed by atoms with van der Waals surface area (Å²) in [5, 5.41) is 9.80. The minimum absolute atomic E-state index is 0.0204. The molecule has 2 N–H and O–H groups in total. The lowest BCUT2D eigenvalue weighted by atomic mass is 10.1. The van der Waals surface area contributed by atoms with Crippen LogP contribution in [0.15, 0.2) is 61.1 Å². The maximum absolute atomic E-state index is 13.6. The van der Waals surface area contributed by atoms with Gasteiger partial charge in [0.05, 0.1) is 11.9 Å². The van der Waals surface area contributed by atoms with Crippen molar-refractivity contribution in [2.45, 2.75) is 32.4 Å². The number of carbonyl (C=O) groups excluding carboxylic acids is 1. The maximum Gasteiger partial charge on any atom is 0.419 e. The Morgan fingerprint density at radius 1 is 1.11 bits per heavy atom. The van der Waals surface area contributed by atoms with Crippen LogP contribution in [-0.2, 0) is 18.6 Å². The Bertz CT molecular complexity index is 1390. The monoisotopic (exact) mass is 514 g/mol. The lowest BCUT2D eigenvalue weighted by Crippen LogP contribution is -2.13. The van der Waals surface area contributed by atoms with Crippen LogP contribution in [0, 0.1) is 6.92 Å². The van der Waals surface area contributed by atoms with E-state index in [0.29, 0.717) is 29.4 Å². The molecule has 2 aromatic carbocycles. The summed E-state index contributed by atoms with van der Waals surface area (Å²) in [6, 6.07) is 12.0. The van der Waals surface area contributed by atoms with Gasteiger partial charge in [-0.25, -0.2) is 9.97 Å². The van der Waals surface area contributed by atoms with Gasteiger partial charge in [-0.2, -0.15) is 18.3 Å². The van der Waals surface area contributed by atoms with Crippen LogP contribution in [0.2, 0.25) is 0 Å². The van der Waals surface area contributed by atoms with E-state index in [1.807, 2.05) is 32.0 Å². The minimum Gasteiger partial charge on any atom is -0.324 e. The fourth-order valence-electron chi connectivity index (χ4n) is 3.44. The van der Waals surface area contributed by atoms with Crippen molar-refractivity contribution in [1.29, 1.82) is 0 Å². The topological polar surface area (TPSA) is 84.7 Å². The predicted octanol–water partition coefficient (Wildman–Crippen LogP) is 6.42. The lowest BCUT2D eigenvalue weighted by molar-refractivity contribution is -0.137. The minimum atomic E-state index is -4.63. The van der Waals surface area contributed by atoms with Gasteiger partial charge in [-0.3, -0.25) is 9.48 Å². The molecule has 11 heteroatoms. The first-order valence-corrected chi connectivity index (χ1v) is 11.5. The lowest BCUT2D eigenvalue weighted by Gasteiger charge is -2.13. The Hall–Kier alpha value is -3.92. The van der Waals surface area contributed by atoms with Gasteiger partial charge in [-0.05, 0) is 55.3 Å². The molecule has 0 atom stereocenters. The third kappa shape index (κ3) is 5.65. The summed E-state index contributed by atoms with van der Waals surface area (Å²) in [7, 11) is 0. The Kier molecular flexibility index (Phi) is 7.25. The number of carbonyl (C=O) groups is 1. The number of aromatic nitrogens is 4. The van der Waals surface area contributed by atoms with Crippen molar-refractivity contribution in [3.63, 3.8) is 0 Å². The molecule has 4 rings (SSSR count). The second-order valence-electron chi connectivity index (χ2n) is 7.98. The number of halogens is 4. The highest BCUT2D eigenvalue weighted by Gasteiger charge is 2.35. The molecule has 186 valence electrons. The van der Waals surface area contributed by atoms with Crippen molar-refractivity contribution >= 4 is 34.8 Å². The van der Waals surface area contributed by atoms with Crippen LogP contribution in [0.1, 0.15) is 34.0 Å². The number of benzene rings is 2. The zero-order valence-electron chi connectivity index (χ0n) is 19.4. The van der Waals surface area contributed by atoms with E-state index in [1.54, 1.807) is 24.3 Å². The van der Waals surface area contributed by atoms with Gasteiger partial charge < -0.3 is 10.6 Å². The van der Waals surface area contributed by atoms with Crippen LogP contribution in [-0.4, -0.2) is 25.7 Å². The normalized spacial score (nSPS) is 11.4. The molecule has 0 fully saturated rings. The number of hydrogen-bond donors (Lipinski definition) is 2. The van der Waals surface area contributed by atoms with Crippen molar-refractivity contribution in [1.82, 2.24) is 19.7 Å². The number of anilines is 3. The van der Waals surface area contributed by atoms with Crippen molar-refractivity contribution in [3.05, 3.63) is 83.3 Å². The second kappa shape index (κ2) is 10.4. The second-order valence-corrected chi connectivity index (χ2v) is 8.24. The molecule has 0 aliphatic rings. The third-order valence-corrected chi connectivity index (χ3v) is 5.74.